The van der Waals surface area contributed by atoms with Gasteiger partial charge in [-0.2, -0.15) is 0 Å². The summed E-state index contributed by atoms with van der Waals surface area (Å²) in [5.41, 5.74) is 0.547. The van der Waals surface area contributed by atoms with Crippen LogP contribution in [0.1, 0.15) is 25.1 Å². The summed E-state index contributed by atoms with van der Waals surface area (Å²) < 4.78 is 1.89. The molecule has 3 rings (SSSR count). The molecule has 0 saturated carbocycles. The van der Waals surface area contributed by atoms with E-state index in [4.69, 9.17) is 0 Å². The number of likely N-dealkylation sites (tertiary alicyclic amines) is 1. The van der Waals surface area contributed by atoms with Crippen LogP contribution in [0, 0.1) is 0 Å². The van der Waals surface area contributed by atoms with Gasteiger partial charge >= 0.3 is 0 Å². The lowest BCUT2D eigenvalue weighted by molar-refractivity contribution is 0.182. The lowest BCUT2D eigenvalue weighted by atomic mass is 10.00. The number of likely N-dealkylation sites (N-methyl/N-ethyl adjacent to an activating group) is 1. The lowest BCUT2D eigenvalue weighted by Crippen LogP contribution is -2.38. The van der Waals surface area contributed by atoms with Crippen molar-refractivity contribution >= 4 is 5.65 Å². The molecule has 0 bridgehead atoms. The minimum atomic E-state index is 0.188. The number of piperidine rings is 1. The first-order valence-electron chi connectivity index (χ1n) is 6.47. The van der Waals surface area contributed by atoms with Gasteiger partial charge in [-0.05, 0) is 38.6 Å². The Morgan fingerprint density at radius 3 is 3.11 bits per heavy atom. The minimum absolute atomic E-state index is 0.188. The molecule has 0 amide bonds. The molecule has 1 atom stereocenters. The Labute approximate surface area is 106 Å². The molecular formula is C13H18N4O. The number of hydrogen-bond donors (Lipinski definition) is 1. The van der Waals surface area contributed by atoms with Crippen LogP contribution in [-0.4, -0.2) is 44.2 Å². The molecule has 1 aliphatic rings. The molecule has 1 fully saturated rings. The number of hydrogen-bond acceptors (Lipinski definition) is 4. The first-order valence-corrected chi connectivity index (χ1v) is 6.47. The molecular weight excluding hydrogens is 228 g/mol. The van der Waals surface area contributed by atoms with Crippen molar-refractivity contribution in [1.82, 2.24) is 19.5 Å². The van der Waals surface area contributed by atoms with Crippen molar-refractivity contribution < 1.29 is 5.11 Å². The Balaban J connectivity index is 1.88. The van der Waals surface area contributed by atoms with Crippen molar-refractivity contribution in [2.24, 2.45) is 0 Å². The van der Waals surface area contributed by atoms with Crippen LogP contribution >= 0.6 is 0 Å². The summed E-state index contributed by atoms with van der Waals surface area (Å²) in [6.07, 6.45) is 6.59. The molecule has 1 aliphatic heterocycles. The first-order chi connectivity index (χ1) is 8.75. The van der Waals surface area contributed by atoms with Gasteiger partial charge < -0.3 is 10.0 Å². The fraction of sp³-hybridized carbons (Fsp3) is 0.538. The van der Waals surface area contributed by atoms with E-state index < -0.39 is 0 Å². The van der Waals surface area contributed by atoms with Gasteiger partial charge in [0, 0.05) is 18.7 Å². The third-order valence-electron chi connectivity index (χ3n) is 3.82. The minimum Gasteiger partial charge on any atom is -0.504 e. The maximum absolute atomic E-state index is 9.71. The third-order valence-corrected chi connectivity index (χ3v) is 3.82. The maximum atomic E-state index is 9.71. The van der Waals surface area contributed by atoms with Crippen molar-refractivity contribution in [1.29, 1.82) is 0 Å². The Morgan fingerprint density at radius 2 is 2.28 bits per heavy atom. The summed E-state index contributed by atoms with van der Waals surface area (Å²) in [4.78, 5) is 2.40. The average molecular weight is 246 g/mol. The first kappa shape index (κ1) is 11.5. The molecule has 1 saturated heterocycles. The topological polar surface area (TPSA) is 53.7 Å². The highest BCUT2D eigenvalue weighted by Crippen LogP contribution is 2.21. The molecule has 2 aromatic rings. The zero-order valence-electron chi connectivity index (χ0n) is 10.6. The van der Waals surface area contributed by atoms with Crippen molar-refractivity contribution in [3.63, 3.8) is 0 Å². The van der Waals surface area contributed by atoms with E-state index in [2.05, 4.69) is 22.1 Å². The summed E-state index contributed by atoms with van der Waals surface area (Å²) in [7, 11) is 2.17. The number of aromatic nitrogens is 3. The molecule has 3 heterocycles. The number of nitrogens with zero attached hydrogens (tertiary/aromatic N) is 4. The molecule has 96 valence electrons. The molecule has 0 spiro atoms. The molecule has 18 heavy (non-hydrogen) atoms. The monoisotopic (exact) mass is 246 g/mol. The highest BCUT2D eigenvalue weighted by atomic mass is 16.3. The van der Waals surface area contributed by atoms with E-state index in [1.807, 2.05) is 16.7 Å². The van der Waals surface area contributed by atoms with Crippen LogP contribution in [0.5, 0.6) is 5.75 Å². The SMILES string of the molecule is CN1CCCCC1Cc1nnc2c(O)cccn12. The number of fused-ring (bicyclic) bond motifs is 1. The Bertz CT molecular complexity index is 551. The van der Waals surface area contributed by atoms with E-state index in [0.717, 1.165) is 18.8 Å². The molecule has 0 aromatic carbocycles. The average Bonchev–Trinajstić information content (AvgIpc) is 2.77. The van der Waals surface area contributed by atoms with E-state index in [-0.39, 0.29) is 5.75 Å². The molecule has 2 aromatic heterocycles. The summed E-state index contributed by atoms with van der Waals surface area (Å²) in [5, 5.41) is 18.0. The van der Waals surface area contributed by atoms with Gasteiger partial charge in [-0.25, -0.2) is 0 Å². The molecule has 1 N–H and O–H groups in total. The fourth-order valence-electron chi connectivity index (χ4n) is 2.70. The molecule has 0 aliphatic carbocycles. The van der Waals surface area contributed by atoms with Gasteiger partial charge in [-0.15, -0.1) is 10.2 Å². The van der Waals surface area contributed by atoms with E-state index in [1.54, 1.807) is 6.07 Å². The van der Waals surface area contributed by atoms with Crippen LogP contribution in [0.3, 0.4) is 0 Å². The zero-order valence-corrected chi connectivity index (χ0v) is 10.6. The Morgan fingerprint density at radius 1 is 1.39 bits per heavy atom. The smallest absolute Gasteiger partial charge is 0.203 e. The van der Waals surface area contributed by atoms with Gasteiger partial charge in [-0.1, -0.05) is 6.42 Å². The van der Waals surface area contributed by atoms with Crippen molar-refractivity contribution in [2.45, 2.75) is 31.7 Å². The molecule has 1 unspecified atom stereocenters. The van der Waals surface area contributed by atoms with Crippen LogP contribution in [0.2, 0.25) is 0 Å². The van der Waals surface area contributed by atoms with Gasteiger partial charge in [0.1, 0.15) is 5.82 Å². The lowest BCUT2D eigenvalue weighted by Gasteiger charge is -2.31. The normalized spacial score (nSPS) is 21.5. The van der Waals surface area contributed by atoms with Crippen LogP contribution < -0.4 is 0 Å². The maximum Gasteiger partial charge on any atom is 0.203 e. The molecule has 5 nitrogen and oxygen atoms in total. The van der Waals surface area contributed by atoms with E-state index in [9.17, 15) is 5.11 Å². The van der Waals surface area contributed by atoms with Crippen LogP contribution in [0.15, 0.2) is 18.3 Å². The van der Waals surface area contributed by atoms with Crippen molar-refractivity contribution in [3.05, 3.63) is 24.2 Å². The van der Waals surface area contributed by atoms with E-state index in [1.165, 1.54) is 19.3 Å². The third kappa shape index (κ3) is 1.95. The second-order valence-corrected chi connectivity index (χ2v) is 5.04. The van der Waals surface area contributed by atoms with Gasteiger partial charge in [0.05, 0.1) is 0 Å². The summed E-state index contributed by atoms with van der Waals surface area (Å²) in [6, 6.07) is 3.99. The number of rotatable bonds is 2. The highest BCUT2D eigenvalue weighted by Gasteiger charge is 2.21. The summed E-state index contributed by atoms with van der Waals surface area (Å²) >= 11 is 0. The Hall–Kier alpha value is -1.62. The quantitative estimate of drug-likeness (QED) is 0.871. The van der Waals surface area contributed by atoms with Gasteiger partial charge in [-0.3, -0.25) is 4.40 Å². The van der Waals surface area contributed by atoms with Crippen LogP contribution in [-0.2, 0) is 6.42 Å². The van der Waals surface area contributed by atoms with Gasteiger partial charge in [0.2, 0.25) is 5.65 Å². The number of pyridine rings is 1. The highest BCUT2D eigenvalue weighted by molar-refractivity contribution is 5.51. The standard InChI is InChI=1S/C13H18N4O/c1-16-7-3-2-5-10(16)9-12-14-15-13-11(18)6-4-8-17(12)13/h4,6,8,10,18H,2-3,5,7,9H2,1H3. The van der Waals surface area contributed by atoms with E-state index >= 15 is 0 Å². The number of aromatic hydroxyl groups is 1. The van der Waals surface area contributed by atoms with Gasteiger partial charge in [0.15, 0.2) is 5.75 Å². The van der Waals surface area contributed by atoms with Crippen molar-refractivity contribution in [3.8, 4) is 5.75 Å². The largest absolute Gasteiger partial charge is 0.504 e. The van der Waals surface area contributed by atoms with Crippen molar-refractivity contribution in [2.75, 3.05) is 13.6 Å². The second-order valence-electron chi connectivity index (χ2n) is 5.04. The second kappa shape index (κ2) is 4.57. The molecule has 5 heteroatoms. The fourth-order valence-corrected chi connectivity index (χ4v) is 2.70. The summed E-state index contributed by atoms with van der Waals surface area (Å²) in [5.74, 6) is 1.12. The predicted octanol–water partition coefficient (Wildman–Crippen LogP) is 1.46. The predicted molar refractivity (Wildman–Crippen MR) is 68.6 cm³/mol. The molecule has 0 radical (unpaired) electrons. The zero-order chi connectivity index (χ0) is 12.5. The van der Waals surface area contributed by atoms with Crippen LogP contribution in [0.4, 0.5) is 0 Å². The van der Waals surface area contributed by atoms with E-state index in [0.29, 0.717) is 11.7 Å². The van der Waals surface area contributed by atoms with Gasteiger partial charge in [0.25, 0.3) is 0 Å². The summed E-state index contributed by atoms with van der Waals surface area (Å²) in [6.45, 7) is 1.16. The Kier molecular flexibility index (Phi) is 2.91. The van der Waals surface area contributed by atoms with Crippen LogP contribution in [0.25, 0.3) is 5.65 Å².